The van der Waals surface area contributed by atoms with Crippen LogP contribution in [-0.2, 0) is 11.3 Å². The Morgan fingerprint density at radius 1 is 1.12 bits per heavy atom. The van der Waals surface area contributed by atoms with Crippen molar-refractivity contribution in [2.75, 3.05) is 27.4 Å². The van der Waals surface area contributed by atoms with E-state index in [-0.39, 0.29) is 0 Å². The van der Waals surface area contributed by atoms with Crippen LogP contribution in [0.15, 0.2) is 18.2 Å². The lowest BCUT2D eigenvalue weighted by Gasteiger charge is -2.17. The first-order chi connectivity index (χ1) is 11.6. The lowest BCUT2D eigenvalue weighted by Crippen LogP contribution is -2.35. The molecule has 0 spiro atoms. The van der Waals surface area contributed by atoms with Crippen LogP contribution < -0.4 is 14.8 Å². The highest BCUT2D eigenvalue weighted by Gasteiger charge is 2.09. The minimum atomic E-state index is -0.501. The van der Waals surface area contributed by atoms with Crippen molar-refractivity contribution < 1.29 is 19.3 Å². The van der Waals surface area contributed by atoms with Crippen LogP contribution in [0.2, 0.25) is 0 Å². The summed E-state index contributed by atoms with van der Waals surface area (Å²) in [6, 6.07) is 6.10. The molecule has 0 aliphatic carbocycles. The molecule has 1 aromatic carbocycles. The molecule has 0 aliphatic rings. The maximum atomic E-state index is 10.00. The number of unbranched alkanes of at least 4 members (excludes halogenated alkanes) is 2. The van der Waals surface area contributed by atoms with E-state index >= 15 is 0 Å². The second kappa shape index (κ2) is 12.1. The number of ether oxygens (including phenoxy) is 3. The van der Waals surface area contributed by atoms with Gasteiger partial charge < -0.3 is 24.6 Å². The molecule has 1 aromatic rings. The molecular weight excluding hydrogens is 306 g/mol. The van der Waals surface area contributed by atoms with Crippen LogP contribution in [0.1, 0.15) is 45.1 Å². The average molecular weight is 339 g/mol. The van der Waals surface area contributed by atoms with Crippen LogP contribution in [0.3, 0.4) is 0 Å². The normalized spacial score (nSPS) is 13.5. The first kappa shape index (κ1) is 20.7. The molecule has 0 amide bonds. The van der Waals surface area contributed by atoms with Gasteiger partial charge in [0.25, 0.3) is 0 Å². The highest BCUT2D eigenvalue weighted by atomic mass is 16.5. The average Bonchev–Trinajstić information content (AvgIpc) is 2.60. The fourth-order valence-electron chi connectivity index (χ4n) is 2.48. The van der Waals surface area contributed by atoms with Gasteiger partial charge in [0.1, 0.15) is 0 Å². The topological polar surface area (TPSA) is 60.0 Å². The molecule has 0 aromatic heterocycles. The summed E-state index contributed by atoms with van der Waals surface area (Å²) < 4.78 is 16.1. The summed E-state index contributed by atoms with van der Waals surface area (Å²) in [7, 11) is 3.22. The van der Waals surface area contributed by atoms with Crippen molar-refractivity contribution in [3.05, 3.63) is 23.8 Å². The summed E-state index contributed by atoms with van der Waals surface area (Å²) in [5.74, 6) is 1.38. The van der Waals surface area contributed by atoms with Gasteiger partial charge in [0, 0.05) is 12.6 Å². The number of hydrogen-bond acceptors (Lipinski definition) is 5. The number of benzene rings is 1. The monoisotopic (exact) mass is 339 g/mol. The van der Waals surface area contributed by atoms with E-state index in [9.17, 15) is 5.11 Å². The first-order valence-electron chi connectivity index (χ1n) is 8.80. The Bertz CT molecular complexity index is 453. The molecule has 138 valence electrons. The molecule has 0 radical (unpaired) electrons. The van der Waals surface area contributed by atoms with Gasteiger partial charge in [-0.15, -0.1) is 0 Å². The quantitative estimate of drug-likeness (QED) is 0.541. The minimum Gasteiger partial charge on any atom is -0.493 e. The molecule has 24 heavy (non-hydrogen) atoms. The molecule has 5 nitrogen and oxygen atoms in total. The maximum Gasteiger partial charge on any atom is 0.161 e. The van der Waals surface area contributed by atoms with E-state index in [2.05, 4.69) is 19.2 Å². The lowest BCUT2D eigenvalue weighted by molar-refractivity contribution is 0.0276. The highest BCUT2D eigenvalue weighted by Crippen LogP contribution is 2.27. The zero-order valence-electron chi connectivity index (χ0n) is 15.5. The predicted molar refractivity (Wildman–Crippen MR) is 96.8 cm³/mol. The summed E-state index contributed by atoms with van der Waals surface area (Å²) in [6.07, 6.45) is 4.38. The van der Waals surface area contributed by atoms with E-state index < -0.39 is 6.10 Å². The van der Waals surface area contributed by atoms with Crippen LogP contribution >= 0.6 is 0 Å². The number of hydrogen-bond donors (Lipinski definition) is 2. The Morgan fingerprint density at radius 3 is 2.54 bits per heavy atom. The summed E-state index contributed by atoms with van der Waals surface area (Å²) in [6.45, 7) is 5.66. The van der Waals surface area contributed by atoms with Gasteiger partial charge in [-0.3, -0.25) is 0 Å². The van der Waals surface area contributed by atoms with Crippen molar-refractivity contribution in [1.82, 2.24) is 5.32 Å². The number of methoxy groups -OCH3 is 2. The first-order valence-corrected chi connectivity index (χ1v) is 8.80. The molecule has 0 heterocycles. The van der Waals surface area contributed by atoms with Gasteiger partial charge in [0.15, 0.2) is 11.5 Å². The molecule has 5 heteroatoms. The van der Waals surface area contributed by atoms with Gasteiger partial charge in [-0.25, -0.2) is 0 Å². The SMILES string of the molecule is CCCCC[C@H](C)NC[C@@H](O)COCc1ccc(OC)c(OC)c1. The number of nitrogens with one attached hydrogen (secondary N) is 1. The Morgan fingerprint density at radius 2 is 1.88 bits per heavy atom. The highest BCUT2D eigenvalue weighted by molar-refractivity contribution is 5.42. The molecule has 0 saturated carbocycles. The number of aliphatic hydroxyl groups is 1. The second-order valence-electron chi connectivity index (χ2n) is 6.16. The van der Waals surface area contributed by atoms with Crippen molar-refractivity contribution in [3.8, 4) is 11.5 Å². The van der Waals surface area contributed by atoms with E-state index in [1.807, 2.05) is 18.2 Å². The molecule has 1 rings (SSSR count). The Balaban J connectivity index is 2.24. The van der Waals surface area contributed by atoms with Crippen molar-refractivity contribution in [2.45, 2.75) is 58.3 Å². The molecule has 0 bridgehead atoms. The van der Waals surface area contributed by atoms with Crippen LogP contribution in [0.5, 0.6) is 11.5 Å². The van der Waals surface area contributed by atoms with Crippen LogP contribution in [-0.4, -0.2) is 44.6 Å². The van der Waals surface area contributed by atoms with E-state index in [0.29, 0.717) is 37.3 Å². The summed E-state index contributed by atoms with van der Waals surface area (Å²) >= 11 is 0. The standard InChI is InChI=1S/C19H33NO4/c1-5-6-7-8-15(2)20-12-17(21)14-24-13-16-9-10-18(22-3)19(11-16)23-4/h9-11,15,17,20-21H,5-8,12-14H2,1-4H3/t15-,17+/m0/s1. The fourth-order valence-corrected chi connectivity index (χ4v) is 2.48. The Hall–Kier alpha value is -1.30. The van der Waals surface area contributed by atoms with Crippen molar-refractivity contribution in [2.24, 2.45) is 0 Å². The second-order valence-corrected chi connectivity index (χ2v) is 6.16. The van der Waals surface area contributed by atoms with Gasteiger partial charge in [0.05, 0.1) is 33.5 Å². The van der Waals surface area contributed by atoms with Gasteiger partial charge in [-0.05, 0) is 31.0 Å². The molecule has 0 saturated heterocycles. The van der Waals surface area contributed by atoms with Crippen LogP contribution in [0.25, 0.3) is 0 Å². The molecule has 2 atom stereocenters. The third-order valence-corrected chi connectivity index (χ3v) is 3.97. The number of aliphatic hydroxyl groups excluding tert-OH is 1. The lowest BCUT2D eigenvalue weighted by atomic mass is 10.1. The van der Waals surface area contributed by atoms with E-state index in [0.717, 1.165) is 12.0 Å². The van der Waals surface area contributed by atoms with Gasteiger partial charge in [0.2, 0.25) is 0 Å². The summed E-state index contributed by atoms with van der Waals surface area (Å²) in [5.41, 5.74) is 0.987. The Kier molecular flexibility index (Phi) is 10.5. The van der Waals surface area contributed by atoms with Crippen molar-refractivity contribution in [1.29, 1.82) is 0 Å². The van der Waals surface area contributed by atoms with Crippen LogP contribution in [0.4, 0.5) is 0 Å². The fraction of sp³-hybridized carbons (Fsp3) is 0.684. The van der Waals surface area contributed by atoms with E-state index in [1.54, 1.807) is 14.2 Å². The van der Waals surface area contributed by atoms with E-state index in [1.165, 1.54) is 19.3 Å². The third kappa shape index (κ3) is 7.99. The van der Waals surface area contributed by atoms with Gasteiger partial charge in [-0.2, -0.15) is 0 Å². The zero-order chi connectivity index (χ0) is 17.8. The molecule has 0 aliphatic heterocycles. The van der Waals surface area contributed by atoms with E-state index in [4.69, 9.17) is 14.2 Å². The maximum absolute atomic E-state index is 10.00. The minimum absolute atomic E-state index is 0.309. The summed E-state index contributed by atoms with van der Waals surface area (Å²) in [4.78, 5) is 0. The predicted octanol–water partition coefficient (Wildman–Crippen LogP) is 3.14. The Labute approximate surface area is 146 Å². The van der Waals surface area contributed by atoms with Gasteiger partial charge in [-0.1, -0.05) is 32.3 Å². The smallest absolute Gasteiger partial charge is 0.161 e. The van der Waals surface area contributed by atoms with Crippen LogP contribution in [0, 0.1) is 0 Å². The molecular formula is C19H33NO4. The zero-order valence-corrected chi connectivity index (χ0v) is 15.5. The molecule has 0 unspecified atom stereocenters. The number of rotatable bonds is 13. The van der Waals surface area contributed by atoms with Crippen molar-refractivity contribution >= 4 is 0 Å². The van der Waals surface area contributed by atoms with Gasteiger partial charge >= 0.3 is 0 Å². The third-order valence-electron chi connectivity index (χ3n) is 3.97. The molecule has 0 fully saturated rings. The largest absolute Gasteiger partial charge is 0.493 e. The molecule has 2 N–H and O–H groups in total. The summed E-state index contributed by atoms with van der Waals surface area (Å²) in [5, 5.41) is 13.4. The van der Waals surface area contributed by atoms with Crippen molar-refractivity contribution in [3.63, 3.8) is 0 Å².